The molecule has 6 nitrogen and oxygen atoms in total. The minimum Gasteiger partial charge on any atom is -0.399 e. The second-order valence-corrected chi connectivity index (χ2v) is 4.17. The molecule has 0 unspecified atom stereocenters. The lowest BCUT2D eigenvalue weighted by Gasteiger charge is -2.07. The van der Waals surface area contributed by atoms with Crippen molar-refractivity contribution in [2.75, 3.05) is 11.5 Å². The Labute approximate surface area is 110 Å². The number of anilines is 2. The third-order valence-corrected chi connectivity index (χ3v) is 2.50. The van der Waals surface area contributed by atoms with Gasteiger partial charge in [-0.15, -0.1) is 0 Å². The van der Waals surface area contributed by atoms with E-state index in [4.69, 9.17) is 11.5 Å². The quantitative estimate of drug-likeness (QED) is 0.707. The van der Waals surface area contributed by atoms with Crippen LogP contribution < -0.4 is 16.8 Å². The molecule has 2 aromatic rings. The molecule has 5 N–H and O–H groups in total. The Balaban J connectivity index is 2.05. The Morgan fingerprint density at radius 3 is 2.58 bits per heavy atom. The molecule has 0 fully saturated rings. The molecule has 2 rings (SSSR count). The van der Waals surface area contributed by atoms with E-state index in [2.05, 4.69) is 15.3 Å². The lowest BCUT2D eigenvalue weighted by atomic mass is 10.1. The fraction of sp³-hybridized carbons (Fsp3) is 0.154. The molecule has 0 bridgehead atoms. The average molecular weight is 257 g/mol. The zero-order valence-corrected chi connectivity index (χ0v) is 10.6. The van der Waals surface area contributed by atoms with Gasteiger partial charge in [0.2, 0.25) is 0 Å². The highest BCUT2D eigenvalue weighted by Crippen LogP contribution is 2.13. The van der Waals surface area contributed by atoms with Gasteiger partial charge >= 0.3 is 0 Å². The van der Waals surface area contributed by atoms with E-state index in [0.717, 1.165) is 5.69 Å². The molecule has 0 spiro atoms. The third kappa shape index (κ3) is 3.41. The maximum Gasteiger partial charge on any atom is 0.251 e. The van der Waals surface area contributed by atoms with Crippen LogP contribution in [-0.4, -0.2) is 15.9 Å². The number of hydrogen-bond acceptors (Lipinski definition) is 5. The van der Waals surface area contributed by atoms with Gasteiger partial charge in [0.1, 0.15) is 5.82 Å². The number of aromatic nitrogens is 2. The van der Waals surface area contributed by atoms with E-state index in [1.54, 1.807) is 37.4 Å². The van der Waals surface area contributed by atoms with Crippen molar-refractivity contribution < 1.29 is 4.79 Å². The highest BCUT2D eigenvalue weighted by Gasteiger charge is 2.07. The SMILES string of the molecule is Cc1nccc(CNC(=O)c2cc(N)cc(N)c2)n1. The van der Waals surface area contributed by atoms with Gasteiger partial charge in [0, 0.05) is 23.1 Å². The normalized spacial score (nSPS) is 10.2. The maximum atomic E-state index is 11.9. The smallest absolute Gasteiger partial charge is 0.251 e. The first kappa shape index (κ1) is 12.8. The predicted molar refractivity (Wildman–Crippen MR) is 73.2 cm³/mol. The first-order chi connectivity index (χ1) is 9.04. The van der Waals surface area contributed by atoms with Gasteiger partial charge in [-0.3, -0.25) is 4.79 Å². The number of aryl methyl sites for hydroxylation is 1. The molecule has 0 radical (unpaired) electrons. The second kappa shape index (κ2) is 5.34. The number of amides is 1. The standard InChI is InChI=1S/C13H15N5O/c1-8-16-3-2-12(18-8)7-17-13(19)9-4-10(14)6-11(15)5-9/h2-6H,7,14-15H2,1H3,(H,17,19). The number of nitrogens with two attached hydrogens (primary N) is 2. The lowest BCUT2D eigenvalue weighted by Crippen LogP contribution is -2.23. The Morgan fingerprint density at radius 2 is 1.95 bits per heavy atom. The van der Waals surface area contributed by atoms with Gasteiger partial charge in [-0.25, -0.2) is 9.97 Å². The first-order valence-corrected chi connectivity index (χ1v) is 5.77. The van der Waals surface area contributed by atoms with Crippen molar-refractivity contribution >= 4 is 17.3 Å². The summed E-state index contributed by atoms with van der Waals surface area (Å²) in [6.45, 7) is 2.13. The monoisotopic (exact) mass is 257 g/mol. The summed E-state index contributed by atoms with van der Waals surface area (Å²) in [5.41, 5.74) is 13.4. The number of carbonyl (C=O) groups is 1. The molecule has 19 heavy (non-hydrogen) atoms. The molecule has 0 saturated carbocycles. The van der Waals surface area contributed by atoms with E-state index in [1.807, 2.05) is 0 Å². The van der Waals surface area contributed by atoms with Crippen LogP contribution in [0.5, 0.6) is 0 Å². The van der Waals surface area contributed by atoms with Crippen LogP contribution in [0, 0.1) is 6.92 Å². The van der Waals surface area contributed by atoms with Gasteiger partial charge in [-0.2, -0.15) is 0 Å². The number of nitrogen functional groups attached to an aromatic ring is 2. The molecule has 1 heterocycles. The van der Waals surface area contributed by atoms with Crippen molar-refractivity contribution in [3.05, 3.63) is 47.5 Å². The second-order valence-electron chi connectivity index (χ2n) is 4.17. The van der Waals surface area contributed by atoms with Crippen LogP contribution in [0.2, 0.25) is 0 Å². The van der Waals surface area contributed by atoms with Crippen molar-refractivity contribution in [1.29, 1.82) is 0 Å². The highest BCUT2D eigenvalue weighted by molar-refractivity contribution is 5.96. The molecule has 0 aliphatic rings. The number of rotatable bonds is 3. The third-order valence-electron chi connectivity index (χ3n) is 2.50. The summed E-state index contributed by atoms with van der Waals surface area (Å²) in [6.07, 6.45) is 1.66. The number of hydrogen-bond donors (Lipinski definition) is 3. The van der Waals surface area contributed by atoms with E-state index in [9.17, 15) is 4.79 Å². The minimum absolute atomic E-state index is 0.240. The van der Waals surface area contributed by atoms with Gasteiger partial charge in [0.25, 0.3) is 5.91 Å². The molecule has 6 heteroatoms. The number of benzene rings is 1. The van der Waals surface area contributed by atoms with E-state index < -0.39 is 0 Å². The largest absolute Gasteiger partial charge is 0.399 e. The van der Waals surface area contributed by atoms with Crippen LogP contribution >= 0.6 is 0 Å². The number of carbonyl (C=O) groups excluding carboxylic acids is 1. The Morgan fingerprint density at radius 1 is 1.26 bits per heavy atom. The zero-order chi connectivity index (χ0) is 13.8. The Bertz CT molecular complexity index is 591. The minimum atomic E-state index is -0.240. The van der Waals surface area contributed by atoms with Crippen LogP contribution in [0.3, 0.4) is 0 Å². The van der Waals surface area contributed by atoms with Crippen LogP contribution in [0.1, 0.15) is 21.9 Å². The topological polar surface area (TPSA) is 107 Å². The summed E-state index contributed by atoms with van der Waals surface area (Å²) in [7, 11) is 0. The molecule has 1 aromatic heterocycles. The number of nitrogens with zero attached hydrogens (tertiary/aromatic N) is 2. The molecule has 1 amide bonds. The van der Waals surface area contributed by atoms with E-state index in [1.165, 1.54) is 0 Å². The fourth-order valence-corrected chi connectivity index (χ4v) is 1.68. The van der Waals surface area contributed by atoms with E-state index >= 15 is 0 Å². The Kier molecular flexibility index (Phi) is 3.61. The lowest BCUT2D eigenvalue weighted by molar-refractivity contribution is 0.0950. The summed E-state index contributed by atoms with van der Waals surface area (Å²) in [5, 5.41) is 2.76. The molecule has 0 atom stereocenters. The van der Waals surface area contributed by atoms with Crippen molar-refractivity contribution in [1.82, 2.24) is 15.3 Å². The molecule has 1 aromatic carbocycles. The summed E-state index contributed by atoms with van der Waals surface area (Å²) in [5.74, 6) is 0.426. The van der Waals surface area contributed by atoms with Crippen LogP contribution in [0.4, 0.5) is 11.4 Å². The van der Waals surface area contributed by atoms with E-state index in [-0.39, 0.29) is 5.91 Å². The van der Waals surface area contributed by atoms with Gasteiger partial charge in [0.15, 0.2) is 0 Å². The molecular weight excluding hydrogens is 242 g/mol. The predicted octanol–water partition coefficient (Wildman–Crippen LogP) is 0.879. The number of nitrogens with one attached hydrogen (secondary N) is 1. The van der Waals surface area contributed by atoms with Gasteiger partial charge in [-0.05, 0) is 31.2 Å². The molecular formula is C13H15N5O. The maximum absolute atomic E-state index is 11.9. The fourth-order valence-electron chi connectivity index (χ4n) is 1.68. The molecule has 0 aliphatic heterocycles. The summed E-state index contributed by atoms with van der Waals surface area (Å²) in [6, 6.07) is 6.51. The zero-order valence-electron chi connectivity index (χ0n) is 10.6. The van der Waals surface area contributed by atoms with Gasteiger partial charge in [0.05, 0.1) is 12.2 Å². The Hall–Kier alpha value is -2.63. The summed E-state index contributed by atoms with van der Waals surface area (Å²) < 4.78 is 0. The van der Waals surface area contributed by atoms with Crippen LogP contribution in [-0.2, 0) is 6.54 Å². The van der Waals surface area contributed by atoms with Gasteiger partial charge in [-0.1, -0.05) is 0 Å². The van der Waals surface area contributed by atoms with E-state index in [0.29, 0.717) is 29.3 Å². The summed E-state index contributed by atoms with van der Waals surface area (Å²) in [4.78, 5) is 20.1. The van der Waals surface area contributed by atoms with Crippen LogP contribution in [0.25, 0.3) is 0 Å². The molecule has 98 valence electrons. The first-order valence-electron chi connectivity index (χ1n) is 5.77. The van der Waals surface area contributed by atoms with Crippen molar-refractivity contribution in [2.24, 2.45) is 0 Å². The molecule has 0 aliphatic carbocycles. The van der Waals surface area contributed by atoms with Crippen molar-refractivity contribution in [2.45, 2.75) is 13.5 Å². The van der Waals surface area contributed by atoms with Crippen LogP contribution in [0.15, 0.2) is 30.5 Å². The average Bonchev–Trinajstić information content (AvgIpc) is 2.35. The van der Waals surface area contributed by atoms with Crippen molar-refractivity contribution in [3.63, 3.8) is 0 Å². The molecule has 0 saturated heterocycles. The van der Waals surface area contributed by atoms with Crippen molar-refractivity contribution in [3.8, 4) is 0 Å². The highest BCUT2D eigenvalue weighted by atomic mass is 16.1. The summed E-state index contributed by atoms with van der Waals surface area (Å²) >= 11 is 0. The van der Waals surface area contributed by atoms with Gasteiger partial charge < -0.3 is 16.8 Å².